The van der Waals surface area contributed by atoms with Gasteiger partial charge in [0.2, 0.25) is 11.7 Å². The Morgan fingerprint density at radius 1 is 1.26 bits per heavy atom. The molecule has 7 nitrogen and oxygen atoms in total. The van der Waals surface area contributed by atoms with E-state index in [2.05, 4.69) is 22.4 Å². The molecule has 0 spiro atoms. The van der Waals surface area contributed by atoms with Crippen LogP contribution in [0.2, 0.25) is 0 Å². The summed E-state index contributed by atoms with van der Waals surface area (Å²) in [5.41, 5.74) is 0.713. The molecule has 1 aromatic carbocycles. The van der Waals surface area contributed by atoms with Gasteiger partial charge in [0.25, 0.3) is 5.56 Å². The molecule has 144 valence electrons. The van der Waals surface area contributed by atoms with E-state index in [4.69, 9.17) is 0 Å². The number of hydrogen-bond acceptors (Lipinski definition) is 5. The van der Waals surface area contributed by atoms with Crippen LogP contribution in [0.3, 0.4) is 0 Å². The molecule has 8 heteroatoms. The minimum absolute atomic E-state index is 0.0327. The quantitative estimate of drug-likeness (QED) is 0.601. The third kappa shape index (κ3) is 4.00. The number of thioether (sulfide) groups is 1. The maximum absolute atomic E-state index is 12.9. The third-order valence-electron chi connectivity index (χ3n) is 4.57. The lowest BCUT2D eigenvalue weighted by molar-refractivity contribution is -0.119. The average Bonchev–Trinajstić information content (AvgIpc) is 3.10. The minimum atomic E-state index is -0.0509. The number of fused-ring (bicyclic) bond motifs is 3. The molecule has 0 aliphatic heterocycles. The molecule has 0 bridgehead atoms. The zero-order valence-corrected chi connectivity index (χ0v) is 16.8. The molecule has 2 aromatic heterocycles. The number of hydrogen-bond donors (Lipinski definition) is 1. The molecule has 0 saturated heterocycles. The second-order valence-corrected chi connectivity index (χ2v) is 7.55. The molecule has 0 aliphatic carbocycles. The Morgan fingerprint density at radius 3 is 2.78 bits per heavy atom. The van der Waals surface area contributed by atoms with Crippen LogP contribution in [0.4, 0.5) is 0 Å². The fourth-order valence-electron chi connectivity index (χ4n) is 2.89. The summed E-state index contributed by atoms with van der Waals surface area (Å²) in [6.07, 6.45) is 2.76. The Labute approximate surface area is 162 Å². The number of carbonyl (C=O) groups excluding carboxylic acids is 1. The number of amides is 1. The summed E-state index contributed by atoms with van der Waals surface area (Å²) in [7, 11) is 0. The summed E-state index contributed by atoms with van der Waals surface area (Å²) < 4.78 is 3.57. The van der Waals surface area contributed by atoms with Gasteiger partial charge in [-0.25, -0.2) is 0 Å². The van der Waals surface area contributed by atoms with Crippen LogP contribution in [0.5, 0.6) is 0 Å². The van der Waals surface area contributed by atoms with E-state index >= 15 is 0 Å². The van der Waals surface area contributed by atoms with Crippen molar-refractivity contribution in [1.82, 2.24) is 24.5 Å². The largest absolute Gasteiger partial charge is 0.353 e. The third-order valence-corrected chi connectivity index (χ3v) is 5.49. The summed E-state index contributed by atoms with van der Waals surface area (Å²) in [4.78, 5) is 25.0. The number of nitrogens with one attached hydrogen (secondary N) is 1. The molecule has 1 unspecified atom stereocenters. The monoisotopic (exact) mass is 387 g/mol. The van der Waals surface area contributed by atoms with Gasteiger partial charge in [-0.3, -0.25) is 18.6 Å². The predicted octanol–water partition coefficient (Wildman–Crippen LogP) is 2.85. The lowest BCUT2D eigenvalue weighted by Crippen LogP contribution is -2.33. The topological polar surface area (TPSA) is 81.3 Å². The molecular formula is C19H25N5O2S. The molecule has 0 saturated carbocycles. The van der Waals surface area contributed by atoms with Gasteiger partial charge in [-0.15, -0.1) is 10.2 Å². The van der Waals surface area contributed by atoms with Gasteiger partial charge in [0.1, 0.15) is 0 Å². The normalized spacial score (nSPS) is 12.6. The van der Waals surface area contributed by atoms with Crippen molar-refractivity contribution in [3.8, 4) is 0 Å². The fourth-order valence-corrected chi connectivity index (χ4v) is 3.64. The van der Waals surface area contributed by atoms with E-state index in [0.29, 0.717) is 22.9 Å². The molecule has 1 N–H and O–H groups in total. The number of aromatic nitrogens is 4. The maximum Gasteiger partial charge on any atom is 0.262 e. The number of rotatable bonds is 8. The van der Waals surface area contributed by atoms with Gasteiger partial charge >= 0.3 is 0 Å². The Bertz CT molecular complexity index is 1010. The van der Waals surface area contributed by atoms with Crippen molar-refractivity contribution in [2.45, 2.75) is 57.8 Å². The summed E-state index contributed by atoms with van der Waals surface area (Å²) in [6.45, 7) is 6.70. The minimum Gasteiger partial charge on any atom is -0.353 e. The van der Waals surface area contributed by atoms with Crippen LogP contribution in [-0.2, 0) is 11.3 Å². The Balaban J connectivity index is 2.01. The van der Waals surface area contributed by atoms with Crippen molar-refractivity contribution in [3.05, 3.63) is 34.6 Å². The number of benzene rings is 1. The van der Waals surface area contributed by atoms with Gasteiger partial charge in [-0.2, -0.15) is 0 Å². The van der Waals surface area contributed by atoms with Crippen molar-refractivity contribution < 1.29 is 4.79 Å². The number of para-hydroxylation sites is 1. The molecule has 3 rings (SSSR count). The van der Waals surface area contributed by atoms with Gasteiger partial charge in [-0.1, -0.05) is 44.2 Å². The fraction of sp³-hybridized carbons (Fsp3) is 0.474. The van der Waals surface area contributed by atoms with Crippen molar-refractivity contribution in [1.29, 1.82) is 0 Å². The van der Waals surface area contributed by atoms with E-state index in [1.807, 2.05) is 42.5 Å². The molecule has 3 aromatic rings. The first-order valence-electron chi connectivity index (χ1n) is 9.35. The van der Waals surface area contributed by atoms with Crippen LogP contribution in [-0.4, -0.2) is 36.9 Å². The predicted molar refractivity (Wildman–Crippen MR) is 108 cm³/mol. The van der Waals surface area contributed by atoms with Crippen molar-refractivity contribution in [2.24, 2.45) is 0 Å². The number of aryl methyl sites for hydroxylation is 1. The lowest BCUT2D eigenvalue weighted by atomic mass is 10.2. The molecule has 1 atom stereocenters. The van der Waals surface area contributed by atoms with Crippen LogP contribution in [0.15, 0.2) is 34.2 Å². The van der Waals surface area contributed by atoms with E-state index in [1.54, 1.807) is 4.57 Å². The average molecular weight is 388 g/mol. The van der Waals surface area contributed by atoms with Crippen molar-refractivity contribution in [2.75, 3.05) is 5.75 Å². The lowest BCUT2D eigenvalue weighted by Gasteiger charge is -2.12. The zero-order valence-electron chi connectivity index (χ0n) is 15.9. The van der Waals surface area contributed by atoms with E-state index in [1.165, 1.54) is 11.8 Å². The molecule has 27 heavy (non-hydrogen) atoms. The summed E-state index contributed by atoms with van der Waals surface area (Å²) in [5, 5.41) is 12.7. The summed E-state index contributed by atoms with van der Waals surface area (Å²) >= 11 is 1.33. The number of nitrogens with zero attached hydrogens (tertiary/aromatic N) is 4. The first-order chi connectivity index (χ1) is 13.1. The van der Waals surface area contributed by atoms with Crippen molar-refractivity contribution in [3.63, 3.8) is 0 Å². The van der Waals surface area contributed by atoms with E-state index < -0.39 is 0 Å². The highest BCUT2D eigenvalue weighted by Gasteiger charge is 2.17. The van der Waals surface area contributed by atoms with Crippen LogP contribution in [0.25, 0.3) is 16.7 Å². The van der Waals surface area contributed by atoms with Crippen LogP contribution >= 0.6 is 11.8 Å². The van der Waals surface area contributed by atoms with Crippen molar-refractivity contribution >= 4 is 34.3 Å². The van der Waals surface area contributed by atoms with Gasteiger partial charge in [0.15, 0.2) is 5.16 Å². The van der Waals surface area contributed by atoms with Crippen LogP contribution < -0.4 is 10.9 Å². The van der Waals surface area contributed by atoms with E-state index in [9.17, 15) is 9.59 Å². The van der Waals surface area contributed by atoms with Crippen LogP contribution in [0.1, 0.15) is 40.0 Å². The van der Waals surface area contributed by atoms with E-state index in [-0.39, 0.29) is 23.3 Å². The number of unbranched alkanes of at least 4 members (excludes halogenated alkanes) is 1. The van der Waals surface area contributed by atoms with Crippen LogP contribution in [0, 0.1) is 0 Å². The van der Waals surface area contributed by atoms with Gasteiger partial charge in [0, 0.05) is 12.6 Å². The zero-order chi connectivity index (χ0) is 19.4. The molecule has 0 aliphatic rings. The highest BCUT2D eigenvalue weighted by molar-refractivity contribution is 7.99. The Morgan fingerprint density at radius 2 is 2.04 bits per heavy atom. The molecule has 2 heterocycles. The molecule has 1 amide bonds. The standard InChI is InChI=1S/C19H25N5O2S/c1-4-6-11-23-17(26)14-9-7-8-10-15(14)24-18(23)21-22-19(24)27-12-16(25)20-13(3)5-2/h7-10,13H,4-6,11-12H2,1-3H3,(H,20,25). The smallest absolute Gasteiger partial charge is 0.262 e. The highest BCUT2D eigenvalue weighted by atomic mass is 32.2. The number of carbonyl (C=O) groups is 1. The summed E-state index contributed by atoms with van der Waals surface area (Å²) in [5.74, 6) is 0.750. The molecular weight excluding hydrogens is 362 g/mol. The maximum atomic E-state index is 12.9. The van der Waals surface area contributed by atoms with Gasteiger partial charge in [0.05, 0.1) is 16.7 Å². The van der Waals surface area contributed by atoms with Gasteiger partial charge < -0.3 is 5.32 Å². The Kier molecular flexibility index (Phi) is 6.15. The van der Waals surface area contributed by atoms with Gasteiger partial charge in [-0.05, 0) is 31.9 Å². The highest BCUT2D eigenvalue weighted by Crippen LogP contribution is 2.21. The second-order valence-electron chi connectivity index (χ2n) is 6.61. The molecule has 0 radical (unpaired) electrons. The first-order valence-corrected chi connectivity index (χ1v) is 10.3. The summed E-state index contributed by atoms with van der Waals surface area (Å²) in [6, 6.07) is 7.61. The Hall–Kier alpha value is -2.35. The molecule has 0 fully saturated rings. The van der Waals surface area contributed by atoms with E-state index in [0.717, 1.165) is 24.8 Å². The SMILES string of the molecule is CCCCn1c(=O)c2ccccc2n2c(SCC(=O)NC(C)CC)nnc12. The first kappa shape index (κ1) is 19.4. The second kappa shape index (κ2) is 8.56.